The van der Waals surface area contributed by atoms with Gasteiger partial charge in [0.2, 0.25) is 0 Å². The number of aryl methyl sites for hydroxylation is 1. The van der Waals surface area contributed by atoms with Crippen molar-refractivity contribution < 1.29 is 33.8 Å². The number of carbonyl (C=O) groups is 4. The van der Waals surface area contributed by atoms with Crippen LogP contribution < -0.4 is 0 Å². The number of ether oxygens (including phenoxy) is 2. The van der Waals surface area contributed by atoms with Crippen molar-refractivity contribution in [3.8, 4) is 0 Å². The number of ketones is 1. The number of likely N-dealkylation sites (tertiary alicyclic amines) is 1. The molecular weight excluding hydrogens is 478 g/mol. The molecule has 10 heteroatoms. The van der Waals surface area contributed by atoms with Gasteiger partial charge in [0.1, 0.15) is 11.5 Å². The summed E-state index contributed by atoms with van der Waals surface area (Å²) in [5.74, 6) is -3.02. The molecule has 198 valence electrons. The number of amides is 1. The zero-order valence-corrected chi connectivity index (χ0v) is 22.0. The summed E-state index contributed by atoms with van der Waals surface area (Å²) in [5.41, 5.74) is 2.08. The van der Waals surface area contributed by atoms with E-state index in [-0.39, 0.29) is 35.7 Å². The molecule has 1 atom stereocenters. The van der Waals surface area contributed by atoms with Crippen molar-refractivity contribution in [3.05, 3.63) is 63.5 Å². The van der Waals surface area contributed by atoms with Gasteiger partial charge in [-0.15, -0.1) is 0 Å². The van der Waals surface area contributed by atoms with E-state index in [0.717, 1.165) is 0 Å². The average Bonchev–Trinajstić information content (AvgIpc) is 3.30. The second-order valence-corrected chi connectivity index (χ2v) is 9.11. The number of nitrogens with one attached hydrogen (secondary N) is 1. The number of benzene rings is 1. The molecule has 0 saturated carbocycles. The van der Waals surface area contributed by atoms with Crippen LogP contribution in [0.5, 0.6) is 0 Å². The van der Waals surface area contributed by atoms with Crippen LogP contribution in [0.1, 0.15) is 62.6 Å². The number of hydrogen-bond donors (Lipinski definition) is 2. The molecule has 2 N–H and O–H groups in total. The number of aliphatic hydroxyl groups excluding tert-OH is 1. The Morgan fingerprint density at radius 1 is 1.11 bits per heavy atom. The second kappa shape index (κ2) is 11.4. The Labute approximate surface area is 215 Å². The highest BCUT2D eigenvalue weighted by Gasteiger charge is 2.46. The van der Waals surface area contributed by atoms with E-state index in [0.29, 0.717) is 35.3 Å². The standard InChI is InChI=1S/C27H33N3O7/c1-7-37-27(35)21-15(2)19(16(3)28-21)23(31)20-22(17-9-11-18(12-10-17)26(34)36-6)30(25(33)24(20)32)14-8-13-29(4)5/h9-12,22,28,31H,7-8,13-14H2,1-6H3/b23-20+/t22-/m1/s1. The van der Waals surface area contributed by atoms with Gasteiger partial charge in [0, 0.05) is 17.8 Å². The van der Waals surface area contributed by atoms with Crippen LogP contribution in [0.2, 0.25) is 0 Å². The van der Waals surface area contributed by atoms with Gasteiger partial charge in [0.15, 0.2) is 0 Å². The van der Waals surface area contributed by atoms with Gasteiger partial charge in [-0.1, -0.05) is 12.1 Å². The van der Waals surface area contributed by atoms with Gasteiger partial charge in [-0.05, 0) is 71.1 Å². The highest BCUT2D eigenvalue weighted by molar-refractivity contribution is 6.46. The van der Waals surface area contributed by atoms with Crippen molar-refractivity contribution in [1.29, 1.82) is 0 Å². The number of nitrogens with zero attached hydrogens (tertiary/aromatic N) is 2. The summed E-state index contributed by atoms with van der Waals surface area (Å²) in [4.78, 5) is 57.1. The van der Waals surface area contributed by atoms with Crippen LogP contribution >= 0.6 is 0 Å². The molecular formula is C27H33N3O7. The number of aromatic amines is 1. The van der Waals surface area contributed by atoms with E-state index in [2.05, 4.69) is 4.98 Å². The van der Waals surface area contributed by atoms with Gasteiger partial charge in [0.05, 0.1) is 30.9 Å². The molecule has 0 aliphatic carbocycles. The van der Waals surface area contributed by atoms with Gasteiger partial charge in [-0.25, -0.2) is 9.59 Å². The molecule has 2 aromatic rings. The zero-order chi connectivity index (χ0) is 27.4. The number of Topliss-reactive ketones (excluding diaryl/α,β-unsaturated/α-hetero) is 1. The normalized spacial score (nSPS) is 16.9. The lowest BCUT2D eigenvalue weighted by Crippen LogP contribution is -2.32. The summed E-state index contributed by atoms with van der Waals surface area (Å²) in [6, 6.07) is 5.49. The minimum Gasteiger partial charge on any atom is -0.507 e. The fraction of sp³-hybridized carbons (Fsp3) is 0.407. The maximum absolute atomic E-state index is 13.3. The molecule has 10 nitrogen and oxygen atoms in total. The molecule has 1 fully saturated rings. The topological polar surface area (TPSA) is 129 Å². The van der Waals surface area contributed by atoms with Gasteiger partial charge in [-0.3, -0.25) is 9.59 Å². The lowest BCUT2D eigenvalue weighted by atomic mass is 9.93. The largest absolute Gasteiger partial charge is 0.507 e. The number of H-pyrrole nitrogens is 1. The van der Waals surface area contributed by atoms with Crippen LogP contribution in [-0.2, 0) is 19.1 Å². The van der Waals surface area contributed by atoms with E-state index in [4.69, 9.17) is 9.47 Å². The first-order valence-electron chi connectivity index (χ1n) is 12.0. The molecule has 0 radical (unpaired) electrons. The number of carbonyl (C=O) groups excluding carboxylic acids is 4. The van der Waals surface area contributed by atoms with Crippen LogP contribution in [-0.4, -0.2) is 84.4 Å². The Kier molecular flexibility index (Phi) is 8.54. The molecule has 1 amide bonds. The number of esters is 2. The highest BCUT2D eigenvalue weighted by Crippen LogP contribution is 2.41. The second-order valence-electron chi connectivity index (χ2n) is 9.11. The van der Waals surface area contributed by atoms with E-state index in [1.165, 1.54) is 12.0 Å². The van der Waals surface area contributed by atoms with Crippen molar-refractivity contribution in [2.75, 3.05) is 40.9 Å². The lowest BCUT2D eigenvalue weighted by Gasteiger charge is -2.26. The molecule has 0 spiro atoms. The smallest absolute Gasteiger partial charge is 0.355 e. The SMILES string of the molecule is CCOC(=O)c1[nH]c(C)c(/C(O)=C2\C(=O)C(=O)N(CCCN(C)C)[C@@H]2c2ccc(C(=O)OC)cc2)c1C. The van der Waals surface area contributed by atoms with Crippen LogP contribution in [0.4, 0.5) is 0 Å². The maximum atomic E-state index is 13.3. The van der Waals surface area contributed by atoms with Crippen molar-refractivity contribution in [2.24, 2.45) is 0 Å². The van der Waals surface area contributed by atoms with Crippen LogP contribution in [0.3, 0.4) is 0 Å². The van der Waals surface area contributed by atoms with Gasteiger partial charge in [-0.2, -0.15) is 0 Å². The van der Waals surface area contributed by atoms with E-state index in [1.54, 1.807) is 45.0 Å². The summed E-state index contributed by atoms with van der Waals surface area (Å²) in [6.45, 7) is 6.14. The molecule has 0 bridgehead atoms. The molecule has 2 heterocycles. The Morgan fingerprint density at radius 2 is 1.76 bits per heavy atom. The first-order valence-corrected chi connectivity index (χ1v) is 12.0. The quantitative estimate of drug-likeness (QED) is 0.228. The Morgan fingerprint density at radius 3 is 2.32 bits per heavy atom. The highest BCUT2D eigenvalue weighted by atomic mass is 16.5. The van der Waals surface area contributed by atoms with Gasteiger partial charge >= 0.3 is 11.9 Å². The fourth-order valence-corrected chi connectivity index (χ4v) is 4.58. The molecule has 37 heavy (non-hydrogen) atoms. The van der Waals surface area contributed by atoms with E-state index >= 15 is 0 Å². The molecule has 1 saturated heterocycles. The third-order valence-corrected chi connectivity index (χ3v) is 6.35. The first kappa shape index (κ1) is 27.7. The summed E-state index contributed by atoms with van der Waals surface area (Å²) >= 11 is 0. The molecule has 1 aliphatic rings. The molecule has 1 aromatic carbocycles. The fourth-order valence-electron chi connectivity index (χ4n) is 4.58. The molecule has 3 rings (SSSR count). The van der Waals surface area contributed by atoms with Crippen molar-refractivity contribution in [3.63, 3.8) is 0 Å². The molecule has 0 unspecified atom stereocenters. The third kappa shape index (κ3) is 5.43. The predicted molar refractivity (Wildman–Crippen MR) is 136 cm³/mol. The van der Waals surface area contributed by atoms with Gasteiger partial charge in [0.25, 0.3) is 11.7 Å². The number of rotatable bonds is 9. The summed E-state index contributed by atoms with van der Waals surface area (Å²) in [5, 5.41) is 11.5. The molecule has 1 aliphatic heterocycles. The zero-order valence-electron chi connectivity index (χ0n) is 22.0. The first-order chi connectivity index (χ1) is 17.5. The van der Waals surface area contributed by atoms with Crippen LogP contribution in [0.25, 0.3) is 5.76 Å². The number of aliphatic hydroxyl groups is 1. The van der Waals surface area contributed by atoms with Crippen LogP contribution in [0.15, 0.2) is 29.8 Å². The summed E-state index contributed by atoms with van der Waals surface area (Å²) in [7, 11) is 5.10. The Hall–Kier alpha value is -3.92. The van der Waals surface area contributed by atoms with E-state index in [9.17, 15) is 24.3 Å². The van der Waals surface area contributed by atoms with E-state index in [1.807, 2.05) is 19.0 Å². The predicted octanol–water partition coefficient (Wildman–Crippen LogP) is 2.97. The average molecular weight is 512 g/mol. The monoisotopic (exact) mass is 511 g/mol. The minimum atomic E-state index is -0.881. The Balaban J connectivity index is 2.16. The van der Waals surface area contributed by atoms with E-state index < -0.39 is 29.7 Å². The van der Waals surface area contributed by atoms with Crippen molar-refractivity contribution in [2.45, 2.75) is 33.2 Å². The number of methoxy groups -OCH3 is 1. The Bertz CT molecular complexity index is 1240. The van der Waals surface area contributed by atoms with Crippen LogP contribution in [0, 0.1) is 13.8 Å². The summed E-state index contributed by atoms with van der Waals surface area (Å²) < 4.78 is 9.85. The summed E-state index contributed by atoms with van der Waals surface area (Å²) in [6.07, 6.45) is 0.603. The minimum absolute atomic E-state index is 0.0821. The van der Waals surface area contributed by atoms with Gasteiger partial charge < -0.3 is 29.4 Å². The van der Waals surface area contributed by atoms with Crippen molar-refractivity contribution >= 4 is 29.4 Å². The third-order valence-electron chi connectivity index (χ3n) is 6.35. The number of aromatic nitrogens is 1. The number of hydrogen-bond acceptors (Lipinski definition) is 8. The lowest BCUT2D eigenvalue weighted by molar-refractivity contribution is -0.139. The maximum Gasteiger partial charge on any atom is 0.355 e. The van der Waals surface area contributed by atoms with Crippen molar-refractivity contribution in [1.82, 2.24) is 14.8 Å². The molecule has 1 aromatic heterocycles.